The standard InChI is InChI=1S/C10H14N2/c1-7-5-6-11-10-9(7)4-3-8(2)12-10/h3-4,7H,5-6H2,1-2H3,(H,11,12). The van der Waals surface area contributed by atoms with E-state index in [-0.39, 0.29) is 0 Å². The van der Waals surface area contributed by atoms with Crippen LogP contribution in [0.2, 0.25) is 0 Å². The SMILES string of the molecule is Cc1ccc2c(n1)NCCC2C. The van der Waals surface area contributed by atoms with Crippen molar-refractivity contribution in [1.29, 1.82) is 0 Å². The van der Waals surface area contributed by atoms with E-state index in [2.05, 4.69) is 29.4 Å². The Morgan fingerprint density at radius 2 is 2.33 bits per heavy atom. The largest absolute Gasteiger partial charge is 0.370 e. The molecule has 2 heterocycles. The highest BCUT2D eigenvalue weighted by Gasteiger charge is 2.16. The summed E-state index contributed by atoms with van der Waals surface area (Å²) in [7, 11) is 0. The van der Waals surface area contributed by atoms with Crippen LogP contribution in [0, 0.1) is 6.92 Å². The molecule has 1 unspecified atom stereocenters. The second-order valence-electron chi connectivity index (χ2n) is 3.51. The van der Waals surface area contributed by atoms with Gasteiger partial charge < -0.3 is 5.32 Å². The predicted molar refractivity (Wildman–Crippen MR) is 50.5 cm³/mol. The molecule has 1 aliphatic heterocycles. The molecule has 12 heavy (non-hydrogen) atoms. The normalized spacial score (nSPS) is 21.3. The maximum atomic E-state index is 4.45. The van der Waals surface area contributed by atoms with Crippen molar-refractivity contribution in [2.75, 3.05) is 11.9 Å². The van der Waals surface area contributed by atoms with Gasteiger partial charge in [0.25, 0.3) is 0 Å². The lowest BCUT2D eigenvalue weighted by molar-refractivity contribution is 0.676. The maximum absolute atomic E-state index is 4.45. The topological polar surface area (TPSA) is 24.9 Å². The van der Waals surface area contributed by atoms with Crippen LogP contribution < -0.4 is 5.32 Å². The van der Waals surface area contributed by atoms with Crippen LogP contribution in [-0.2, 0) is 0 Å². The Kier molecular flexibility index (Phi) is 1.75. The molecule has 1 atom stereocenters. The first-order valence-corrected chi connectivity index (χ1v) is 4.49. The fourth-order valence-electron chi connectivity index (χ4n) is 1.67. The number of hydrogen-bond donors (Lipinski definition) is 1. The van der Waals surface area contributed by atoms with Crippen LogP contribution in [0.3, 0.4) is 0 Å². The van der Waals surface area contributed by atoms with E-state index in [0.29, 0.717) is 5.92 Å². The van der Waals surface area contributed by atoms with E-state index in [9.17, 15) is 0 Å². The van der Waals surface area contributed by atoms with Crippen molar-refractivity contribution >= 4 is 5.82 Å². The molecule has 64 valence electrons. The highest BCUT2D eigenvalue weighted by Crippen LogP contribution is 2.29. The number of rotatable bonds is 0. The molecule has 0 spiro atoms. The number of anilines is 1. The molecule has 1 N–H and O–H groups in total. The van der Waals surface area contributed by atoms with Gasteiger partial charge in [0.05, 0.1) is 0 Å². The van der Waals surface area contributed by atoms with Crippen molar-refractivity contribution in [1.82, 2.24) is 4.98 Å². The Morgan fingerprint density at radius 3 is 3.17 bits per heavy atom. The first-order valence-electron chi connectivity index (χ1n) is 4.49. The summed E-state index contributed by atoms with van der Waals surface area (Å²) in [6, 6.07) is 4.27. The number of nitrogens with one attached hydrogen (secondary N) is 1. The molecule has 0 saturated heterocycles. The van der Waals surface area contributed by atoms with Crippen LogP contribution in [0.1, 0.15) is 30.5 Å². The molecule has 1 aliphatic rings. The van der Waals surface area contributed by atoms with E-state index >= 15 is 0 Å². The third-order valence-corrected chi connectivity index (χ3v) is 2.47. The number of nitrogens with zero attached hydrogens (tertiary/aromatic N) is 1. The summed E-state index contributed by atoms with van der Waals surface area (Å²) in [5.74, 6) is 1.75. The minimum absolute atomic E-state index is 0.661. The highest BCUT2D eigenvalue weighted by atomic mass is 15.0. The lowest BCUT2D eigenvalue weighted by atomic mass is 9.95. The Hall–Kier alpha value is -1.05. The molecule has 0 aliphatic carbocycles. The molecule has 0 aromatic carbocycles. The summed E-state index contributed by atoms with van der Waals surface area (Å²) in [5.41, 5.74) is 2.46. The average Bonchev–Trinajstić information content (AvgIpc) is 2.04. The van der Waals surface area contributed by atoms with Crippen molar-refractivity contribution < 1.29 is 0 Å². The van der Waals surface area contributed by atoms with Crippen molar-refractivity contribution in [2.45, 2.75) is 26.2 Å². The van der Waals surface area contributed by atoms with Gasteiger partial charge >= 0.3 is 0 Å². The van der Waals surface area contributed by atoms with Crippen LogP contribution in [-0.4, -0.2) is 11.5 Å². The smallest absolute Gasteiger partial charge is 0.129 e. The lowest BCUT2D eigenvalue weighted by Gasteiger charge is -2.22. The van der Waals surface area contributed by atoms with Gasteiger partial charge in [-0.2, -0.15) is 0 Å². The van der Waals surface area contributed by atoms with Crippen molar-refractivity contribution in [3.05, 3.63) is 23.4 Å². The first kappa shape index (κ1) is 7.59. The Labute approximate surface area is 73.0 Å². The Morgan fingerprint density at radius 1 is 1.50 bits per heavy atom. The van der Waals surface area contributed by atoms with Gasteiger partial charge in [0.2, 0.25) is 0 Å². The molecule has 1 aromatic heterocycles. The summed E-state index contributed by atoms with van der Waals surface area (Å²) in [5, 5.41) is 3.32. The highest BCUT2D eigenvalue weighted by molar-refractivity contribution is 5.48. The molecular formula is C10H14N2. The van der Waals surface area contributed by atoms with Gasteiger partial charge in [-0.25, -0.2) is 4.98 Å². The minimum Gasteiger partial charge on any atom is -0.370 e. The van der Waals surface area contributed by atoms with Crippen molar-refractivity contribution in [3.8, 4) is 0 Å². The summed E-state index contributed by atoms with van der Waals surface area (Å²) in [6.07, 6.45) is 1.22. The number of aryl methyl sites for hydroxylation is 1. The lowest BCUT2D eigenvalue weighted by Crippen LogP contribution is -2.16. The molecule has 0 fully saturated rings. The van der Waals surface area contributed by atoms with Gasteiger partial charge in [0.15, 0.2) is 0 Å². The average molecular weight is 162 g/mol. The van der Waals surface area contributed by atoms with E-state index in [1.165, 1.54) is 12.0 Å². The van der Waals surface area contributed by atoms with Crippen LogP contribution >= 0.6 is 0 Å². The predicted octanol–water partition coefficient (Wildman–Crippen LogP) is 2.31. The molecule has 0 radical (unpaired) electrons. The fraction of sp³-hybridized carbons (Fsp3) is 0.500. The minimum atomic E-state index is 0.661. The first-order chi connectivity index (χ1) is 5.77. The van der Waals surface area contributed by atoms with Gasteiger partial charge in [0, 0.05) is 12.2 Å². The molecule has 0 amide bonds. The van der Waals surface area contributed by atoms with E-state index in [1.54, 1.807) is 0 Å². The molecule has 2 rings (SSSR count). The van der Waals surface area contributed by atoms with Crippen LogP contribution in [0.4, 0.5) is 5.82 Å². The molecule has 0 saturated carbocycles. The van der Waals surface area contributed by atoms with Crippen LogP contribution in [0.15, 0.2) is 12.1 Å². The van der Waals surface area contributed by atoms with Crippen LogP contribution in [0.5, 0.6) is 0 Å². The summed E-state index contributed by atoms with van der Waals surface area (Å²) < 4.78 is 0. The third-order valence-electron chi connectivity index (χ3n) is 2.47. The second kappa shape index (κ2) is 2.77. The third kappa shape index (κ3) is 1.17. The zero-order valence-corrected chi connectivity index (χ0v) is 7.59. The fourth-order valence-corrected chi connectivity index (χ4v) is 1.67. The Bertz CT molecular complexity index is 294. The summed E-state index contributed by atoms with van der Waals surface area (Å²) in [4.78, 5) is 4.45. The van der Waals surface area contributed by atoms with Gasteiger partial charge in [-0.3, -0.25) is 0 Å². The van der Waals surface area contributed by atoms with E-state index in [4.69, 9.17) is 0 Å². The van der Waals surface area contributed by atoms with Gasteiger partial charge in [-0.05, 0) is 30.9 Å². The van der Waals surface area contributed by atoms with E-state index in [1.807, 2.05) is 6.92 Å². The number of pyridine rings is 1. The van der Waals surface area contributed by atoms with E-state index in [0.717, 1.165) is 18.1 Å². The quantitative estimate of drug-likeness (QED) is 0.633. The zero-order valence-electron chi connectivity index (χ0n) is 7.59. The van der Waals surface area contributed by atoms with Gasteiger partial charge in [-0.15, -0.1) is 0 Å². The number of fused-ring (bicyclic) bond motifs is 1. The van der Waals surface area contributed by atoms with Crippen molar-refractivity contribution in [3.63, 3.8) is 0 Å². The van der Waals surface area contributed by atoms with Crippen LogP contribution in [0.25, 0.3) is 0 Å². The Balaban J connectivity index is 2.46. The maximum Gasteiger partial charge on any atom is 0.129 e. The molecule has 2 nitrogen and oxygen atoms in total. The second-order valence-corrected chi connectivity index (χ2v) is 3.51. The number of aromatic nitrogens is 1. The zero-order chi connectivity index (χ0) is 8.55. The molecule has 0 bridgehead atoms. The molecule has 1 aromatic rings. The van der Waals surface area contributed by atoms with Gasteiger partial charge in [-0.1, -0.05) is 13.0 Å². The molecular weight excluding hydrogens is 148 g/mol. The summed E-state index contributed by atoms with van der Waals surface area (Å²) in [6.45, 7) is 5.35. The van der Waals surface area contributed by atoms with E-state index < -0.39 is 0 Å². The molecule has 2 heteroatoms. The number of hydrogen-bond acceptors (Lipinski definition) is 2. The summed E-state index contributed by atoms with van der Waals surface area (Å²) >= 11 is 0. The van der Waals surface area contributed by atoms with Crippen molar-refractivity contribution in [2.24, 2.45) is 0 Å². The monoisotopic (exact) mass is 162 g/mol. The van der Waals surface area contributed by atoms with Gasteiger partial charge in [0.1, 0.15) is 5.82 Å².